The maximum absolute atomic E-state index is 13.9. The predicted octanol–water partition coefficient (Wildman–Crippen LogP) is 1.63. The van der Waals surface area contributed by atoms with Crippen LogP contribution in [0.2, 0.25) is 0 Å². The van der Waals surface area contributed by atoms with Crippen molar-refractivity contribution in [2.75, 3.05) is 33.4 Å². The van der Waals surface area contributed by atoms with E-state index < -0.39 is 64.7 Å². The van der Waals surface area contributed by atoms with E-state index in [2.05, 4.69) is 10.3 Å². The zero-order chi connectivity index (χ0) is 30.9. The van der Waals surface area contributed by atoms with Crippen LogP contribution in [0.1, 0.15) is 44.6 Å². The molecule has 3 fully saturated rings. The van der Waals surface area contributed by atoms with Gasteiger partial charge < -0.3 is 34.8 Å². The van der Waals surface area contributed by atoms with E-state index in [9.17, 15) is 38.4 Å². The number of nitrogens with zero attached hydrogens (tertiary/aromatic N) is 4. The summed E-state index contributed by atoms with van der Waals surface area (Å²) >= 11 is 0.908. The van der Waals surface area contributed by atoms with Gasteiger partial charge in [0.25, 0.3) is 0 Å². The van der Waals surface area contributed by atoms with Crippen LogP contribution in [-0.4, -0.2) is 114 Å². The lowest BCUT2D eigenvalue weighted by Crippen LogP contribution is -2.58. The van der Waals surface area contributed by atoms with Crippen molar-refractivity contribution in [1.29, 1.82) is 0 Å². The molecule has 2 aliphatic heterocycles. The molecule has 1 amide bonds. The van der Waals surface area contributed by atoms with Gasteiger partial charge in [0.15, 0.2) is 17.5 Å². The minimum absolute atomic E-state index is 0.0634. The van der Waals surface area contributed by atoms with Crippen LogP contribution >= 0.6 is 11.8 Å². The first-order chi connectivity index (χ1) is 20.5. The van der Waals surface area contributed by atoms with Crippen molar-refractivity contribution in [2.45, 2.75) is 79.2 Å². The number of thioether (sulfide) groups is 1. The molecule has 0 spiro atoms. The Kier molecular flexibility index (Phi) is 10.0. The number of halogens is 3. The lowest BCUT2D eigenvalue weighted by molar-refractivity contribution is -0.179. The fourth-order valence-electron chi connectivity index (χ4n) is 6.16. The highest BCUT2D eigenvalue weighted by Gasteiger charge is 2.51. The summed E-state index contributed by atoms with van der Waals surface area (Å²) in [4.78, 5) is 15.5. The predicted molar refractivity (Wildman–Crippen MR) is 148 cm³/mol. The van der Waals surface area contributed by atoms with Gasteiger partial charge in [0, 0.05) is 45.2 Å². The fraction of sp³-hybridized carbons (Fsp3) is 0.679. The zero-order valence-corrected chi connectivity index (χ0v) is 24.5. The minimum Gasteiger partial charge on any atom is -0.394 e. The van der Waals surface area contributed by atoms with Gasteiger partial charge in [-0.05, 0) is 30.9 Å². The van der Waals surface area contributed by atoms with E-state index in [1.807, 2.05) is 0 Å². The average molecular weight is 631 g/mol. The summed E-state index contributed by atoms with van der Waals surface area (Å²) in [5.74, 6) is -4.45. The van der Waals surface area contributed by atoms with Crippen LogP contribution < -0.4 is 0 Å². The number of amides is 1. The first-order valence-corrected chi connectivity index (χ1v) is 15.4. The lowest BCUT2D eigenvalue weighted by Gasteiger charge is -2.45. The number of carbonyl (C=O) groups is 1. The molecule has 1 aromatic heterocycles. The normalized spacial score (nSPS) is 28.6. The molecular formula is C28H37F3N4O7S. The molecule has 238 valence electrons. The molecule has 1 aromatic carbocycles. The van der Waals surface area contributed by atoms with Crippen molar-refractivity contribution in [3.05, 3.63) is 35.8 Å². The van der Waals surface area contributed by atoms with Crippen LogP contribution in [0, 0.1) is 23.4 Å². The number of hydrogen-bond donors (Lipinski definition) is 4. The number of aromatic nitrogens is 3. The van der Waals surface area contributed by atoms with E-state index in [1.165, 1.54) is 6.20 Å². The first kappa shape index (κ1) is 32.1. The van der Waals surface area contributed by atoms with Crippen LogP contribution in [0.5, 0.6) is 0 Å². The molecule has 2 aromatic rings. The summed E-state index contributed by atoms with van der Waals surface area (Å²) in [7, 11) is 1.69. The molecule has 11 nitrogen and oxygen atoms in total. The summed E-state index contributed by atoms with van der Waals surface area (Å²) in [6, 6.07) is 0.216. The quantitative estimate of drug-likeness (QED) is 0.301. The fourth-order valence-corrected chi connectivity index (χ4v) is 7.74. The Bertz CT molecular complexity index is 1250. The zero-order valence-electron chi connectivity index (χ0n) is 23.7. The second-order valence-corrected chi connectivity index (χ2v) is 12.8. The second kappa shape index (κ2) is 13.4. The number of carbonyl (C=O) groups excluding carboxylic acids is 1. The van der Waals surface area contributed by atoms with Gasteiger partial charge in [-0.2, -0.15) is 0 Å². The summed E-state index contributed by atoms with van der Waals surface area (Å²) in [6.07, 6.45) is 1.60. The van der Waals surface area contributed by atoms with Crippen molar-refractivity contribution < 1.29 is 47.9 Å². The Morgan fingerprint density at radius 1 is 1.16 bits per heavy atom. The van der Waals surface area contributed by atoms with Gasteiger partial charge in [-0.25, -0.2) is 17.9 Å². The van der Waals surface area contributed by atoms with Crippen LogP contribution in [0.15, 0.2) is 18.3 Å². The Balaban J connectivity index is 1.41. The smallest absolute Gasteiger partial charge is 0.238 e. The van der Waals surface area contributed by atoms with E-state index in [0.29, 0.717) is 12.5 Å². The van der Waals surface area contributed by atoms with Crippen molar-refractivity contribution in [3.63, 3.8) is 0 Å². The highest BCUT2D eigenvalue weighted by atomic mass is 32.2. The number of aliphatic hydroxyl groups is 4. The number of rotatable bonds is 9. The number of benzene rings is 1. The molecule has 4 N–H and O–H groups in total. The van der Waals surface area contributed by atoms with Gasteiger partial charge in [-0.3, -0.25) is 4.79 Å². The summed E-state index contributed by atoms with van der Waals surface area (Å²) in [5, 5.41) is 50.9. The Morgan fingerprint density at radius 3 is 2.44 bits per heavy atom. The standard InChI is InChI=1S/C28H37F3N4O7S/c1-34(12-15-4-2-3-5-15)26(39)25(28(40)6-8-41-9-7-28)43-27-24(38)22(23(37)20(14-36)42-27)35-13-19(32-33-35)16-10-17(29)21(31)18(30)11-16/h10-11,13,15,20,22-25,27,36-38,40H,2-9,12,14H2,1H3/t20-,22+,23+,24-,25?,27+/m1/s1. The highest BCUT2D eigenvalue weighted by Crippen LogP contribution is 2.42. The molecule has 1 saturated carbocycles. The SMILES string of the molecule is CN(CC1CCCC1)C(=O)C(S[C@@H]1O[C@H](CO)[C@H](O)[C@H](n2cc(-c3cc(F)c(F)c(F)c3)nn2)[C@H]1O)C1(O)CCOCC1. The molecule has 3 aliphatic rings. The molecule has 2 saturated heterocycles. The molecule has 0 radical (unpaired) electrons. The van der Waals surface area contributed by atoms with Crippen LogP contribution in [0.3, 0.4) is 0 Å². The van der Waals surface area contributed by atoms with E-state index in [4.69, 9.17) is 9.47 Å². The molecule has 15 heteroatoms. The monoisotopic (exact) mass is 630 g/mol. The third-order valence-corrected chi connectivity index (χ3v) is 10.2. The topological polar surface area (TPSA) is 150 Å². The van der Waals surface area contributed by atoms with E-state index in [0.717, 1.165) is 54.3 Å². The van der Waals surface area contributed by atoms with Gasteiger partial charge in [-0.1, -0.05) is 18.1 Å². The summed E-state index contributed by atoms with van der Waals surface area (Å²) in [6.45, 7) is 0.376. The molecule has 6 atom stereocenters. The Morgan fingerprint density at radius 2 is 1.81 bits per heavy atom. The first-order valence-electron chi connectivity index (χ1n) is 14.4. The highest BCUT2D eigenvalue weighted by molar-refractivity contribution is 8.01. The van der Waals surface area contributed by atoms with E-state index in [-0.39, 0.29) is 43.2 Å². The average Bonchev–Trinajstić information content (AvgIpc) is 3.68. The molecule has 0 bridgehead atoms. The molecular weight excluding hydrogens is 593 g/mol. The van der Waals surface area contributed by atoms with Crippen molar-refractivity contribution in [1.82, 2.24) is 19.9 Å². The molecule has 1 unspecified atom stereocenters. The van der Waals surface area contributed by atoms with Gasteiger partial charge in [-0.15, -0.1) is 16.9 Å². The summed E-state index contributed by atoms with van der Waals surface area (Å²) in [5.41, 5.74) is -2.86. The van der Waals surface area contributed by atoms with E-state index in [1.54, 1.807) is 11.9 Å². The Labute approximate surface area is 251 Å². The third-order valence-electron chi connectivity index (χ3n) is 8.67. The molecule has 43 heavy (non-hydrogen) atoms. The van der Waals surface area contributed by atoms with Crippen LogP contribution in [-0.2, 0) is 14.3 Å². The third kappa shape index (κ3) is 6.72. The number of hydrogen-bond acceptors (Lipinski definition) is 10. The van der Waals surface area contributed by atoms with Gasteiger partial charge in [0.1, 0.15) is 40.7 Å². The second-order valence-electron chi connectivity index (χ2n) is 11.6. The van der Waals surface area contributed by atoms with Crippen LogP contribution in [0.4, 0.5) is 13.2 Å². The van der Waals surface area contributed by atoms with Crippen molar-refractivity contribution in [2.24, 2.45) is 5.92 Å². The lowest BCUT2D eigenvalue weighted by atomic mass is 9.89. The van der Waals surface area contributed by atoms with Crippen molar-refractivity contribution in [3.8, 4) is 11.3 Å². The molecule has 3 heterocycles. The number of aliphatic hydroxyl groups excluding tert-OH is 3. The van der Waals surface area contributed by atoms with E-state index >= 15 is 0 Å². The molecule has 1 aliphatic carbocycles. The van der Waals surface area contributed by atoms with Gasteiger partial charge in [0.2, 0.25) is 5.91 Å². The van der Waals surface area contributed by atoms with Gasteiger partial charge >= 0.3 is 0 Å². The largest absolute Gasteiger partial charge is 0.394 e. The molecule has 5 rings (SSSR count). The summed E-state index contributed by atoms with van der Waals surface area (Å²) < 4.78 is 53.5. The minimum atomic E-state index is -1.64. The maximum Gasteiger partial charge on any atom is 0.238 e. The van der Waals surface area contributed by atoms with Crippen molar-refractivity contribution >= 4 is 17.7 Å². The van der Waals surface area contributed by atoms with Crippen LogP contribution in [0.25, 0.3) is 11.3 Å². The van der Waals surface area contributed by atoms with Gasteiger partial charge in [0.05, 0.1) is 18.4 Å². The maximum atomic E-state index is 13.9. The number of ether oxygens (including phenoxy) is 2. The Hall–Kier alpha value is -2.27.